The van der Waals surface area contributed by atoms with E-state index in [-0.39, 0.29) is 23.3 Å². The first kappa shape index (κ1) is 15.9. The van der Waals surface area contributed by atoms with E-state index in [0.29, 0.717) is 26.2 Å². The van der Waals surface area contributed by atoms with Gasteiger partial charge in [-0.2, -0.15) is 0 Å². The van der Waals surface area contributed by atoms with Crippen molar-refractivity contribution in [2.45, 2.75) is 45.4 Å². The second-order valence-corrected chi connectivity index (χ2v) is 7.14. The Bertz CT molecular complexity index is 338. The van der Waals surface area contributed by atoms with Crippen LogP contribution in [0.15, 0.2) is 0 Å². The summed E-state index contributed by atoms with van der Waals surface area (Å²) in [4.78, 5) is 0. The molecule has 0 spiro atoms. The highest BCUT2D eigenvalue weighted by Crippen LogP contribution is 2.22. The predicted molar refractivity (Wildman–Crippen MR) is 71.3 cm³/mol. The molecule has 0 aromatic rings. The Morgan fingerprint density at radius 3 is 2.33 bits per heavy atom. The molecule has 1 atom stereocenters. The van der Waals surface area contributed by atoms with Crippen molar-refractivity contribution in [1.82, 2.24) is 5.32 Å². The van der Waals surface area contributed by atoms with Gasteiger partial charge in [0.1, 0.15) is 0 Å². The van der Waals surface area contributed by atoms with E-state index in [0.717, 1.165) is 6.42 Å². The third kappa shape index (κ3) is 5.22. The summed E-state index contributed by atoms with van der Waals surface area (Å²) < 4.78 is 33.8. The smallest absolute Gasteiger partial charge is 0.158 e. The Balaban J connectivity index is 2.32. The van der Waals surface area contributed by atoms with E-state index in [9.17, 15) is 8.42 Å². The van der Waals surface area contributed by atoms with Crippen LogP contribution in [0.5, 0.6) is 0 Å². The van der Waals surface area contributed by atoms with Crippen LogP contribution in [-0.2, 0) is 19.3 Å². The second kappa shape index (κ2) is 6.84. The lowest BCUT2D eigenvalue weighted by atomic mass is 10.0. The minimum Gasteiger partial charge on any atom is -0.353 e. The number of hydrogen-bond acceptors (Lipinski definition) is 5. The van der Waals surface area contributed by atoms with E-state index < -0.39 is 9.84 Å². The highest BCUT2D eigenvalue weighted by molar-refractivity contribution is 7.91. The van der Waals surface area contributed by atoms with Crippen molar-refractivity contribution in [1.29, 1.82) is 0 Å². The molecular formula is C12H25NO4S. The van der Waals surface area contributed by atoms with Gasteiger partial charge in [-0.3, -0.25) is 0 Å². The van der Waals surface area contributed by atoms with E-state index in [1.807, 2.05) is 20.8 Å². The van der Waals surface area contributed by atoms with Crippen molar-refractivity contribution in [2.24, 2.45) is 0 Å². The third-order valence-electron chi connectivity index (χ3n) is 3.14. The normalized spacial score (nSPS) is 26.9. The molecule has 1 fully saturated rings. The summed E-state index contributed by atoms with van der Waals surface area (Å²) in [5.74, 6) is 0.519. The molecule has 0 amide bonds. The first-order valence-electron chi connectivity index (χ1n) is 6.59. The standard InChI is InChI=1S/C12H25NO4S/c1-4-16-11(17-5-2)6-8-13-12(3)7-9-18(14,15)10-12/h11,13H,4-10H2,1-3H3. The van der Waals surface area contributed by atoms with Gasteiger partial charge in [-0.15, -0.1) is 0 Å². The van der Waals surface area contributed by atoms with Crippen LogP contribution in [0.25, 0.3) is 0 Å². The number of ether oxygens (including phenoxy) is 2. The molecular weight excluding hydrogens is 254 g/mol. The Kier molecular flexibility index (Phi) is 6.04. The minimum atomic E-state index is -2.85. The molecule has 5 nitrogen and oxygen atoms in total. The largest absolute Gasteiger partial charge is 0.353 e. The average Bonchev–Trinajstić information content (AvgIpc) is 2.54. The fraction of sp³-hybridized carbons (Fsp3) is 1.00. The zero-order valence-corrected chi connectivity index (χ0v) is 12.4. The van der Waals surface area contributed by atoms with Crippen molar-refractivity contribution in [3.63, 3.8) is 0 Å². The van der Waals surface area contributed by atoms with Gasteiger partial charge in [0, 0.05) is 31.7 Å². The van der Waals surface area contributed by atoms with Gasteiger partial charge in [0.25, 0.3) is 0 Å². The Morgan fingerprint density at radius 2 is 1.89 bits per heavy atom. The molecule has 0 saturated carbocycles. The second-order valence-electron chi connectivity index (χ2n) is 4.96. The summed E-state index contributed by atoms with van der Waals surface area (Å²) in [5.41, 5.74) is -0.290. The van der Waals surface area contributed by atoms with E-state index in [1.54, 1.807) is 0 Å². The Morgan fingerprint density at radius 1 is 1.28 bits per heavy atom. The fourth-order valence-electron chi connectivity index (χ4n) is 2.23. The van der Waals surface area contributed by atoms with Gasteiger partial charge in [0.2, 0.25) is 0 Å². The summed E-state index contributed by atoms with van der Waals surface area (Å²) in [5, 5.41) is 3.32. The van der Waals surface area contributed by atoms with E-state index in [4.69, 9.17) is 9.47 Å². The van der Waals surface area contributed by atoms with Gasteiger partial charge >= 0.3 is 0 Å². The maximum absolute atomic E-state index is 11.5. The minimum absolute atomic E-state index is 0.200. The van der Waals surface area contributed by atoms with Crippen LogP contribution in [0, 0.1) is 0 Å². The molecule has 1 saturated heterocycles. The highest BCUT2D eigenvalue weighted by atomic mass is 32.2. The lowest BCUT2D eigenvalue weighted by molar-refractivity contribution is -0.139. The van der Waals surface area contributed by atoms with Gasteiger partial charge in [-0.1, -0.05) is 0 Å². The summed E-state index contributed by atoms with van der Waals surface area (Å²) in [6.07, 6.45) is 1.22. The number of rotatable bonds is 8. The van der Waals surface area contributed by atoms with Crippen molar-refractivity contribution in [2.75, 3.05) is 31.3 Å². The molecule has 1 rings (SSSR count). The number of sulfone groups is 1. The molecule has 0 bridgehead atoms. The molecule has 0 aromatic carbocycles. The molecule has 0 aromatic heterocycles. The molecule has 108 valence electrons. The first-order chi connectivity index (χ1) is 8.41. The summed E-state index contributed by atoms with van der Waals surface area (Å²) in [7, 11) is -2.85. The monoisotopic (exact) mass is 279 g/mol. The van der Waals surface area contributed by atoms with Crippen LogP contribution in [0.4, 0.5) is 0 Å². The highest BCUT2D eigenvalue weighted by Gasteiger charge is 2.37. The van der Waals surface area contributed by atoms with Gasteiger partial charge in [-0.05, 0) is 27.2 Å². The van der Waals surface area contributed by atoms with Crippen LogP contribution >= 0.6 is 0 Å². The molecule has 0 radical (unpaired) electrons. The molecule has 18 heavy (non-hydrogen) atoms. The van der Waals surface area contributed by atoms with Crippen LogP contribution in [-0.4, -0.2) is 51.5 Å². The number of hydrogen-bond donors (Lipinski definition) is 1. The van der Waals surface area contributed by atoms with E-state index >= 15 is 0 Å². The van der Waals surface area contributed by atoms with Gasteiger partial charge in [0.05, 0.1) is 11.5 Å². The quantitative estimate of drug-likeness (QED) is 0.670. The van der Waals surface area contributed by atoms with Crippen molar-refractivity contribution < 1.29 is 17.9 Å². The van der Waals surface area contributed by atoms with Gasteiger partial charge in [-0.25, -0.2) is 8.42 Å². The van der Waals surface area contributed by atoms with Crippen LogP contribution in [0.1, 0.15) is 33.6 Å². The van der Waals surface area contributed by atoms with E-state index in [1.165, 1.54) is 0 Å². The molecule has 1 aliphatic rings. The Labute approximate surface area is 110 Å². The molecule has 1 N–H and O–H groups in total. The molecule has 6 heteroatoms. The zero-order valence-electron chi connectivity index (χ0n) is 11.6. The summed E-state index contributed by atoms with van der Waals surface area (Å²) >= 11 is 0. The summed E-state index contributed by atoms with van der Waals surface area (Å²) in [6.45, 7) is 7.78. The lowest BCUT2D eigenvalue weighted by Gasteiger charge is -2.25. The van der Waals surface area contributed by atoms with E-state index in [2.05, 4.69) is 5.32 Å². The van der Waals surface area contributed by atoms with Crippen LogP contribution in [0.3, 0.4) is 0 Å². The Hall–Kier alpha value is -0.170. The average molecular weight is 279 g/mol. The fourth-order valence-corrected chi connectivity index (χ4v) is 4.35. The van der Waals surface area contributed by atoms with Gasteiger partial charge in [0.15, 0.2) is 16.1 Å². The maximum Gasteiger partial charge on any atom is 0.158 e. The number of nitrogens with one attached hydrogen (secondary N) is 1. The maximum atomic E-state index is 11.5. The first-order valence-corrected chi connectivity index (χ1v) is 8.41. The zero-order chi connectivity index (χ0) is 13.6. The molecule has 1 aliphatic heterocycles. The van der Waals surface area contributed by atoms with Crippen molar-refractivity contribution in [3.05, 3.63) is 0 Å². The van der Waals surface area contributed by atoms with Crippen LogP contribution < -0.4 is 5.32 Å². The van der Waals surface area contributed by atoms with Crippen LogP contribution in [0.2, 0.25) is 0 Å². The molecule has 1 heterocycles. The third-order valence-corrected chi connectivity index (χ3v) is 5.04. The topological polar surface area (TPSA) is 64.6 Å². The van der Waals surface area contributed by atoms with Crippen molar-refractivity contribution in [3.8, 4) is 0 Å². The SMILES string of the molecule is CCOC(CCNC1(C)CCS(=O)(=O)C1)OCC. The molecule has 0 aliphatic carbocycles. The lowest BCUT2D eigenvalue weighted by Crippen LogP contribution is -2.44. The summed E-state index contributed by atoms with van der Waals surface area (Å²) in [6, 6.07) is 0. The van der Waals surface area contributed by atoms with Crippen molar-refractivity contribution >= 4 is 9.84 Å². The molecule has 1 unspecified atom stereocenters. The van der Waals surface area contributed by atoms with Gasteiger partial charge < -0.3 is 14.8 Å². The predicted octanol–water partition coefficient (Wildman–Crippen LogP) is 0.942.